The molecule has 0 aliphatic carbocycles. The average molecular weight is 352 g/mol. The first-order valence-electron chi connectivity index (χ1n) is 6.75. The van der Waals surface area contributed by atoms with Gasteiger partial charge in [0.25, 0.3) is 0 Å². The van der Waals surface area contributed by atoms with E-state index in [0.717, 1.165) is 26.9 Å². The molecule has 112 valence electrons. The molecule has 2 aromatic carbocycles. The molecular weight excluding hydrogens is 333 g/mol. The van der Waals surface area contributed by atoms with Crippen LogP contribution in [0.25, 0.3) is 0 Å². The summed E-state index contributed by atoms with van der Waals surface area (Å²) in [6, 6.07) is 9.04. The van der Waals surface area contributed by atoms with Crippen molar-refractivity contribution in [3.8, 4) is 5.75 Å². The highest BCUT2D eigenvalue weighted by Gasteiger charge is 2.21. The predicted octanol–water partition coefficient (Wildman–Crippen LogP) is 4.52. The van der Waals surface area contributed by atoms with Crippen molar-refractivity contribution in [1.29, 1.82) is 0 Å². The highest BCUT2D eigenvalue weighted by molar-refractivity contribution is 9.10. The summed E-state index contributed by atoms with van der Waals surface area (Å²) in [6.45, 7) is 3.83. The zero-order valence-corrected chi connectivity index (χ0v) is 14.2. The Labute approximate surface area is 133 Å². The van der Waals surface area contributed by atoms with Crippen LogP contribution < -0.4 is 10.1 Å². The SMILES string of the molecule is CNC(c1cc(OC)ccc1Br)c1c(C)cc(C)cc1F. The average Bonchev–Trinajstić information content (AvgIpc) is 2.43. The number of hydrogen-bond donors (Lipinski definition) is 1. The van der Waals surface area contributed by atoms with E-state index in [-0.39, 0.29) is 11.9 Å². The van der Waals surface area contributed by atoms with Crippen LogP contribution in [0.1, 0.15) is 28.3 Å². The van der Waals surface area contributed by atoms with Gasteiger partial charge < -0.3 is 10.1 Å². The van der Waals surface area contributed by atoms with Crippen LogP contribution in [0.5, 0.6) is 5.75 Å². The van der Waals surface area contributed by atoms with Crippen molar-refractivity contribution in [2.45, 2.75) is 19.9 Å². The Kier molecular flexibility index (Phi) is 5.01. The van der Waals surface area contributed by atoms with Crippen LogP contribution in [0.3, 0.4) is 0 Å². The molecule has 1 atom stereocenters. The summed E-state index contributed by atoms with van der Waals surface area (Å²) >= 11 is 3.54. The lowest BCUT2D eigenvalue weighted by Gasteiger charge is -2.22. The van der Waals surface area contributed by atoms with Crippen LogP contribution in [-0.2, 0) is 0 Å². The normalized spacial score (nSPS) is 12.3. The summed E-state index contributed by atoms with van der Waals surface area (Å²) in [6.07, 6.45) is 0. The molecule has 0 heterocycles. The lowest BCUT2D eigenvalue weighted by atomic mass is 9.93. The molecule has 0 fully saturated rings. The lowest BCUT2D eigenvalue weighted by molar-refractivity contribution is 0.413. The van der Waals surface area contributed by atoms with Gasteiger partial charge in [-0.2, -0.15) is 0 Å². The first-order chi connectivity index (χ1) is 9.97. The van der Waals surface area contributed by atoms with E-state index in [9.17, 15) is 4.39 Å². The lowest BCUT2D eigenvalue weighted by Crippen LogP contribution is -2.21. The Morgan fingerprint density at radius 2 is 1.90 bits per heavy atom. The molecular formula is C17H19BrFNO. The molecule has 0 amide bonds. The van der Waals surface area contributed by atoms with E-state index in [1.807, 2.05) is 45.2 Å². The fourth-order valence-electron chi connectivity index (χ4n) is 2.62. The highest BCUT2D eigenvalue weighted by atomic mass is 79.9. The molecule has 0 saturated heterocycles. The van der Waals surface area contributed by atoms with Gasteiger partial charge in [-0.15, -0.1) is 0 Å². The number of methoxy groups -OCH3 is 1. The smallest absolute Gasteiger partial charge is 0.128 e. The second kappa shape index (κ2) is 6.58. The van der Waals surface area contributed by atoms with Crippen LogP contribution in [-0.4, -0.2) is 14.2 Å². The molecule has 1 unspecified atom stereocenters. The maximum absolute atomic E-state index is 14.5. The number of ether oxygens (including phenoxy) is 1. The summed E-state index contributed by atoms with van der Waals surface area (Å²) in [7, 11) is 3.45. The molecule has 0 spiro atoms. The third-order valence-corrected chi connectivity index (χ3v) is 4.29. The molecule has 4 heteroatoms. The number of nitrogens with one attached hydrogen (secondary N) is 1. The van der Waals surface area contributed by atoms with Gasteiger partial charge in [-0.25, -0.2) is 4.39 Å². The molecule has 21 heavy (non-hydrogen) atoms. The van der Waals surface area contributed by atoms with Gasteiger partial charge in [-0.05, 0) is 61.9 Å². The fourth-order valence-corrected chi connectivity index (χ4v) is 3.09. The summed E-state index contributed by atoms with van der Waals surface area (Å²) in [5.74, 6) is 0.556. The Bertz CT molecular complexity index is 634. The number of rotatable bonds is 4. The van der Waals surface area contributed by atoms with Crippen LogP contribution in [0.2, 0.25) is 0 Å². The Balaban J connectivity index is 2.60. The van der Waals surface area contributed by atoms with E-state index in [1.165, 1.54) is 0 Å². The first-order valence-corrected chi connectivity index (χ1v) is 7.54. The first kappa shape index (κ1) is 16.0. The van der Waals surface area contributed by atoms with E-state index in [1.54, 1.807) is 13.2 Å². The Morgan fingerprint density at radius 1 is 1.19 bits per heavy atom. The number of halogens is 2. The van der Waals surface area contributed by atoms with Gasteiger partial charge >= 0.3 is 0 Å². The van der Waals surface area contributed by atoms with Crippen molar-refractivity contribution in [3.05, 3.63) is 62.9 Å². The minimum atomic E-state index is -0.241. The van der Waals surface area contributed by atoms with Gasteiger partial charge in [0.05, 0.1) is 13.2 Å². The van der Waals surface area contributed by atoms with Gasteiger partial charge in [0.2, 0.25) is 0 Å². The maximum atomic E-state index is 14.5. The van der Waals surface area contributed by atoms with Crippen LogP contribution >= 0.6 is 15.9 Å². The second-order valence-corrected chi connectivity index (χ2v) is 5.94. The molecule has 0 bridgehead atoms. The van der Waals surface area contributed by atoms with E-state index >= 15 is 0 Å². The number of hydrogen-bond acceptors (Lipinski definition) is 2. The third kappa shape index (κ3) is 3.27. The van der Waals surface area contributed by atoms with Crippen molar-refractivity contribution < 1.29 is 9.13 Å². The second-order valence-electron chi connectivity index (χ2n) is 5.09. The molecule has 0 radical (unpaired) electrons. The summed E-state index contributed by atoms with van der Waals surface area (Å²) in [5, 5.41) is 3.20. The zero-order chi connectivity index (χ0) is 15.6. The van der Waals surface area contributed by atoms with Crippen LogP contribution in [0.15, 0.2) is 34.8 Å². The number of aryl methyl sites for hydroxylation is 2. The van der Waals surface area contributed by atoms with Crippen molar-refractivity contribution in [2.24, 2.45) is 0 Å². The Morgan fingerprint density at radius 3 is 2.48 bits per heavy atom. The maximum Gasteiger partial charge on any atom is 0.128 e. The van der Waals surface area contributed by atoms with Gasteiger partial charge in [-0.1, -0.05) is 22.0 Å². The minimum absolute atomic E-state index is 0.193. The summed E-state index contributed by atoms with van der Waals surface area (Å²) in [5.41, 5.74) is 3.47. The van der Waals surface area contributed by atoms with Gasteiger partial charge in [0, 0.05) is 10.0 Å². The standard InChI is InChI=1S/C17H19BrFNO/c1-10-7-11(2)16(15(19)8-10)17(20-3)13-9-12(21-4)5-6-14(13)18/h5-9,17,20H,1-4H3. The number of benzene rings is 2. The van der Waals surface area contributed by atoms with E-state index < -0.39 is 0 Å². The van der Waals surface area contributed by atoms with Gasteiger partial charge in [0.1, 0.15) is 11.6 Å². The molecule has 1 N–H and O–H groups in total. The molecule has 0 aliphatic heterocycles. The van der Waals surface area contributed by atoms with Crippen LogP contribution in [0, 0.1) is 19.7 Å². The fraction of sp³-hybridized carbons (Fsp3) is 0.294. The minimum Gasteiger partial charge on any atom is -0.497 e. The molecule has 2 nitrogen and oxygen atoms in total. The van der Waals surface area contributed by atoms with Crippen molar-refractivity contribution >= 4 is 15.9 Å². The van der Waals surface area contributed by atoms with Crippen LogP contribution in [0.4, 0.5) is 4.39 Å². The van der Waals surface area contributed by atoms with E-state index in [4.69, 9.17) is 4.74 Å². The highest BCUT2D eigenvalue weighted by Crippen LogP contribution is 2.34. The largest absolute Gasteiger partial charge is 0.497 e. The molecule has 0 saturated carbocycles. The molecule has 0 aliphatic rings. The third-order valence-electron chi connectivity index (χ3n) is 3.57. The molecule has 2 aromatic rings. The summed E-state index contributed by atoms with van der Waals surface area (Å²) in [4.78, 5) is 0. The van der Waals surface area contributed by atoms with E-state index in [0.29, 0.717) is 5.56 Å². The predicted molar refractivity (Wildman–Crippen MR) is 87.5 cm³/mol. The van der Waals surface area contributed by atoms with Gasteiger partial charge in [-0.3, -0.25) is 0 Å². The van der Waals surface area contributed by atoms with Gasteiger partial charge in [0.15, 0.2) is 0 Å². The summed E-state index contributed by atoms with van der Waals surface area (Å²) < 4.78 is 20.7. The van der Waals surface area contributed by atoms with Crippen molar-refractivity contribution in [2.75, 3.05) is 14.2 Å². The monoisotopic (exact) mass is 351 g/mol. The van der Waals surface area contributed by atoms with Crippen molar-refractivity contribution in [1.82, 2.24) is 5.32 Å². The molecule has 0 aromatic heterocycles. The Hall–Kier alpha value is -1.39. The zero-order valence-electron chi connectivity index (χ0n) is 12.6. The van der Waals surface area contributed by atoms with Crippen molar-refractivity contribution in [3.63, 3.8) is 0 Å². The molecule has 2 rings (SSSR count). The quantitative estimate of drug-likeness (QED) is 0.873. The topological polar surface area (TPSA) is 21.3 Å². The van der Waals surface area contributed by atoms with E-state index in [2.05, 4.69) is 21.2 Å².